The number of allylic oxidation sites excluding steroid dienone is 1. The molecule has 7 atom stereocenters. The zero-order chi connectivity index (χ0) is 29.2. The number of carbonyl (C=O) groups is 2. The number of hydrogen-bond acceptors (Lipinski definition) is 7. The van der Waals surface area contributed by atoms with Gasteiger partial charge in [0, 0.05) is 18.9 Å². The summed E-state index contributed by atoms with van der Waals surface area (Å²) in [4.78, 5) is 26.5. The SMILES string of the molecule is CCC(=O)O[C@]1(C(=O)SCOC)CC[C@H]2[C@@H]3CCC4=Cc5c(cnn5-c5ccc(F)cc5)C[C@]4(C)[C@H]3[C@@H](O)C[C@@]21C. The third-order valence-electron chi connectivity index (χ3n) is 10.8. The van der Waals surface area contributed by atoms with E-state index in [4.69, 9.17) is 9.47 Å². The minimum Gasteiger partial charge on any atom is -0.449 e. The van der Waals surface area contributed by atoms with Crippen LogP contribution in [0.5, 0.6) is 0 Å². The van der Waals surface area contributed by atoms with Crippen LogP contribution in [0.15, 0.2) is 36.0 Å². The summed E-state index contributed by atoms with van der Waals surface area (Å²) in [6.45, 7) is 6.09. The molecule has 2 aromatic rings. The van der Waals surface area contributed by atoms with E-state index in [9.17, 15) is 19.1 Å². The first-order valence-electron chi connectivity index (χ1n) is 14.7. The van der Waals surface area contributed by atoms with E-state index < -0.39 is 17.1 Å². The molecule has 7 nitrogen and oxygen atoms in total. The molecular formula is C32H39FN2O5S. The molecule has 4 aliphatic carbocycles. The monoisotopic (exact) mass is 582 g/mol. The van der Waals surface area contributed by atoms with Crippen molar-refractivity contribution in [2.45, 2.75) is 77.4 Å². The Morgan fingerprint density at radius 2 is 1.98 bits per heavy atom. The molecule has 1 aromatic carbocycles. The standard InChI is InChI=1S/C32H39FN2O5S/c1-5-27(37)40-32(29(38)41-18-39-4)13-12-24-23-11-6-20-14-25-19(17-34-35(25)22-9-7-21(33)8-10-22)15-30(20,2)28(23)26(36)16-31(24,32)3/h7-10,14,17,23-24,26,28,36H,5-6,11-13,15-16,18H2,1-4H3/t23-,24-,26-,28+,30-,31-,32-/m0/s1. The predicted molar refractivity (Wildman–Crippen MR) is 155 cm³/mol. The third-order valence-corrected chi connectivity index (χ3v) is 11.8. The minimum atomic E-state index is -1.27. The highest BCUT2D eigenvalue weighted by atomic mass is 32.2. The number of halogens is 1. The van der Waals surface area contributed by atoms with E-state index >= 15 is 0 Å². The lowest BCUT2D eigenvalue weighted by Crippen LogP contribution is -2.62. The fraction of sp³-hybridized carbons (Fsp3) is 0.594. The van der Waals surface area contributed by atoms with Crippen LogP contribution in [0.4, 0.5) is 4.39 Å². The Morgan fingerprint density at radius 1 is 1.22 bits per heavy atom. The Labute approximate surface area is 244 Å². The molecule has 6 rings (SSSR count). The second-order valence-electron chi connectivity index (χ2n) is 12.8. The van der Waals surface area contributed by atoms with Crippen LogP contribution in [0.3, 0.4) is 0 Å². The number of carbonyl (C=O) groups excluding carboxylic acids is 2. The molecule has 1 aromatic heterocycles. The van der Waals surface area contributed by atoms with Gasteiger partial charge in [0.25, 0.3) is 0 Å². The van der Waals surface area contributed by atoms with Crippen molar-refractivity contribution in [1.29, 1.82) is 0 Å². The molecule has 0 spiro atoms. The van der Waals surface area contributed by atoms with Crippen LogP contribution in [0.2, 0.25) is 0 Å². The first-order valence-corrected chi connectivity index (χ1v) is 15.7. The summed E-state index contributed by atoms with van der Waals surface area (Å²) in [5.74, 6) is -0.108. The molecule has 0 aliphatic heterocycles. The number of benzene rings is 1. The van der Waals surface area contributed by atoms with E-state index in [-0.39, 0.29) is 52.4 Å². The molecule has 3 fully saturated rings. The number of thioether (sulfide) groups is 1. The van der Waals surface area contributed by atoms with E-state index in [1.807, 2.05) is 10.9 Å². The molecule has 0 saturated heterocycles. The lowest BCUT2D eigenvalue weighted by atomic mass is 9.45. The lowest BCUT2D eigenvalue weighted by Gasteiger charge is -2.60. The number of methoxy groups -OCH3 is 1. The topological polar surface area (TPSA) is 90.7 Å². The van der Waals surface area contributed by atoms with Crippen LogP contribution < -0.4 is 0 Å². The summed E-state index contributed by atoms with van der Waals surface area (Å²) < 4.78 is 26.7. The normalized spacial score (nSPS) is 35.5. The number of nitrogens with zero attached hydrogens (tertiary/aromatic N) is 2. The van der Waals surface area contributed by atoms with Gasteiger partial charge in [0.2, 0.25) is 5.12 Å². The van der Waals surface area contributed by atoms with Gasteiger partial charge in [-0.1, -0.05) is 38.1 Å². The highest BCUT2D eigenvalue weighted by molar-refractivity contribution is 8.13. The summed E-state index contributed by atoms with van der Waals surface area (Å²) in [7, 11) is 1.55. The van der Waals surface area contributed by atoms with Gasteiger partial charge in [-0.25, -0.2) is 9.07 Å². The predicted octanol–water partition coefficient (Wildman–Crippen LogP) is 5.72. The summed E-state index contributed by atoms with van der Waals surface area (Å²) in [5, 5.41) is 16.5. The van der Waals surface area contributed by atoms with Crippen molar-refractivity contribution in [3.63, 3.8) is 0 Å². The van der Waals surface area contributed by atoms with Crippen molar-refractivity contribution in [3.8, 4) is 5.69 Å². The van der Waals surface area contributed by atoms with Crippen molar-refractivity contribution in [2.75, 3.05) is 13.0 Å². The van der Waals surface area contributed by atoms with E-state index in [0.717, 1.165) is 54.4 Å². The zero-order valence-electron chi connectivity index (χ0n) is 24.2. The number of fused-ring (bicyclic) bond motifs is 6. The summed E-state index contributed by atoms with van der Waals surface area (Å²) >= 11 is 1.06. The first kappa shape index (κ1) is 28.6. The quantitative estimate of drug-likeness (QED) is 0.344. The van der Waals surface area contributed by atoms with Gasteiger partial charge < -0.3 is 14.6 Å². The minimum absolute atomic E-state index is 0.0160. The van der Waals surface area contributed by atoms with Gasteiger partial charge in [-0.15, -0.1) is 0 Å². The van der Waals surface area contributed by atoms with Gasteiger partial charge in [0.15, 0.2) is 5.60 Å². The number of aliphatic hydroxyl groups is 1. The smallest absolute Gasteiger partial charge is 0.306 e. The van der Waals surface area contributed by atoms with Crippen LogP contribution >= 0.6 is 11.8 Å². The fourth-order valence-corrected chi connectivity index (χ4v) is 9.84. The van der Waals surface area contributed by atoms with Crippen LogP contribution in [0.1, 0.15) is 70.6 Å². The number of aliphatic hydroxyl groups excluding tert-OH is 1. The van der Waals surface area contributed by atoms with Gasteiger partial charge in [-0.05, 0) is 97.6 Å². The van der Waals surface area contributed by atoms with Gasteiger partial charge in [0.05, 0.1) is 29.6 Å². The molecule has 0 bridgehead atoms. The van der Waals surface area contributed by atoms with Gasteiger partial charge in [-0.3, -0.25) is 9.59 Å². The lowest BCUT2D eigenvalue weighted by molar-refractivity contribution is -0.196. The number of aromatic nitrogens is 2. The Bertz CT molecular complexity index is 1390. The molecule has 0 amide bonds. The molecule has 1 N–H and O–H groups in total. The molecule has 0 unspecified atom stereocenters. The van der Waals surface area contributed by atoms with Crippen molar-refractivity contribution < 1.29 is 28.6 Å². The number of esters is 1. The Morgan fingerprint density at radius 3 is 2.68 bits per heavy atom. The third kappa shape index (κ3) is 4.25. The van der Waals surface area contributed by atoms with E-state index in [0.29, 0.717) is 12.8 Å². The number of ether oxygens (including phenoxy) is 2. The van der Waals surface area contributed by atoms with Gasteiger partial charge in [-0.2, -0.15) is 5.10 Å². The maximum atomic E-state index is 13.8. The van der Waals surface area contributed by atoms with Crippen molar-refractivity contribution in [3.05, 3.63) is 53.1 Å². The summed E-state index contributed by atoms with van der Waals surface area (Å²) in [6.07, 6.45) is 7.88. The molecule has 41 heavy (non-hydrogen) atoms. The first-order chi connectivity index (χ1) is 19.6. The van der Waals surface area contributed by atoms with E-state index in [1.165, 1.54) is 17.7 Å². The molecule has 1 heterocycles. The molecule has 220 valence electrons. The van der Waals surface area contributed by atoms with Crippen LogP contribution in [-0.4, -0.2) is 50.7 Å². The van der Waals surface area contributed by atoms with Crippen molar-refractivity contribution in [1.82, 2.24) is 9.78 Å². The Hall–Kier alpha value is -2.49. The molecule has 3 saturated carbocycles. The van der Waals surface area contributed by atoms with Crippen molar-refractivity contribution >= 4 is 28.9 Å². The maximum absolute atomic E-state index is 13.8. The maximum Gasteiger partial charge on any atom is 0.306 e. The fourth-order valence-electron chi connectivity index (χ4n) is 9.00. The highest BCUT2D eigenvalue weighted by Crippen LogP contribution is 2.68. The molecular weight excluding hydrogens is 543 g/mol. The molecule has 4 aliphatic rings. The molecule has 0 radical (unpaired) electrons. The van der Waals surface area contributed by atoms with Crippen LogP contribution in [0, 0.1) is 34.4 Å². The summed E-state index contributed by atoms with van der Waals surface area (Å²) in [6, 6.07) is 6.37. The van der Waals surface area contributed by atoms with E-state index in [1.54, 1.807) is 26.2 Å². The van der Waals surface area contributed by atoms with Gasteiger partial charge >= 0.3 is 5.97 Å². The number of rotatable bonds is 6. The van der Waals surface area contributed by atoms with E-state index in [2.05, 4.69) is 25.0 Å². The second-order valence-corrected chi connectivity index (χ2v) is 13.7. The zero-order valence-corrected chi connectivity index (χ0v) is 25.0. The average Bonchev–Trinajstić information content (AvgIpc) is 3.48. The molecule has 9 heteroatoms. The number of hydrogen-bond donors (Lipinski definition) is 1. The average molecular weight is 583 g/mol. The largest absolute Gasteiger partial charge is 0.449 e. The summed E-state index contributed by atoms with van der Waals surface area (Å²) in [5.41, 5.74) is 2.07. The second kappa shape index (κ2) is 10.3. The Balaban J connectivity index is 1.34. The van der Waals surface area contributed by atoms with Crippen LogP contribution in [0.25, 0.3) is 11.8 Å². The van der Waals surface area contributed by atoms with Gasteiger partial charge in [0.1, 0.15) is 5.82 Å². The van der Waals surface area contributed by atoms with Crippen molar-refractivity contribution in [2.24, 2.45) is 28.6 Å². The Kier molecular flexibility index (Phi) is 7.22. The van der Waals surface area contributed by atoms with Crippen LogP contribution in [-0.2, 0) is 25.5 Å². The highest BCUT2D eigenvalue weighted by Gasteiger charge is 2.70.